The summed E-state index contributed by atoms with van der Waals surface area (Å²) in [7, 11) is 1.27. The highest BCUT2D eigenvalue weighted by molar-refractivity contribution is 8.13. The fraction of sp³-hybridized carbons (Fsp3) is 0.182. The van der Waals surface area contributed by atoms with Gasteiger partial charge in [0, 0.05) is 23.4 Å². The maximum atomic E-state index is 13.1. The lowest BCUT2D eigenvalue weighted by Crippen LogP contribution is -2.01. The highest BCUT2D eigenvalue weighted by atomic mass is 35.7. The molecule has 0 aliphatic heterocycles. The van der Waals surface area contributed by atoms with E-state index in [0.717, 1.165) is 12.1 Å². The molecule has 0 aliphatic carbocycles. The van der Waals surface area contributed by atoms with Crippen molar-refractivity contribution in [2.45, 2.75) is 18.5 Å². The van der Waals surface area contributed by atoms with Crippen LogP contribution < -0.4 is 0 Å². The molecule has 2 aromatic rings. The van der Waals surface area contributed by atoms with E-state index in [1.807, 2.05) is 0 Å². The van der Waals surface area contributed by atoms with E-state index in [2.05, 4.69) is 4.98 Å². The monoisotopic (exact) mass is 306 g/mol. The lowest BCUT2D eigenvalue weighted by Gasteiger charge is -2.05. The Morgan fingerprint density at radius 1 is 1.32 bits per heavy atom. The summed E-state index contributed by atoms with van der Waals surface area (Å²) in [5, 5.41) is -0.269. The van der Waals surface area contributed by atoms with Crippen LogP contribution >= 0.6 is 10.7 Å². The van der Waals surface area contributed by atoms with Crippen molar-refractivity contribution in [3.8, 4) is 0 Å². The second kappa shape index (κ2) is 4.90. The lowest BCUT2D eigenvalue weighted by atomic mass is 10.2. The van der Waals surface area contributed by atoms with Crippen molar-refractivity contribution >= 4 is 19.7 Å². The van der Waals surface area contributed by atoms with Gasteiger partial charge >= 0.3 is 0 Å². The molecule has 0 saturated heterocycles. The third-order valence-electron chi connectivity index (χ3n) is 2.54. The summed E-state index contributed by atoms with van der Waals surface area (Å²) in [5.41, 5.74) is 0.484. The van der Waals surface area contributed by atoms with Gasteiger partial charge in [0.1, 0.15) is 5.82 Å². The molecule has 0 saturated carbocycles. The van der Waals surface area contributed by atoms with Crippen LogP contribution in [0.25, 0.3) is 0 Å². The van der Waals surface area contributed by atoms with Gasteiger partial charge in [-0.2, -0.15) is 0 Å². The summed E-state index contributed by atoms with van der Waals surface area (Å²) in [6.45, 7) is 1.76. The Kier molecular flexibility index (Phi) is 3.60. The number of aromatic nitrogens is 2. The minimum Gasteiger partial charge on any atom is -0.329 e. The van der Waals surface area contributed by atoms with E-state index in [1.165, 1.54) is 16.8 Å². The number of rotatable bonds is 3. The van der Waals surface area contributed by atoms with Gasteiger partial charge in [0.25, 0.3) is 9.05 Å². The number of nitrogens with zero attached hydrogens (tertiary/aromatic N) is 2. The largest absolute Gasteiger partial charge is 0.329 e. The Balaban J connectivity index is 2.33. The van der Waals surface area contributed by atoms with Crippen molar-refractivity contribution in [3.63, 3.8) is 0 Å². The molecule has 0 radical (unpaired) electrons. The van der Waals surface area contributed by atoms with E-state index in [0.29, 0.717) is 11.4 Å². The Labute approximate surface area is 113 Å². The van der Waals surface area contributed by atoms with Gasteiger partial charge < -0.3 is 4.57 Å². The first-order chi connectivity index (χ1) is 8.77. The van der Waals surface area contributed by atoms with Crippen molar-refractivity contribution in [1.29, 1.82) is 0 Å². The molecule has 102 valence electrons. The molecule has 1 aromatic heterocycles. The summed E-state index contributed by atoms with van der Waals surface area (Å²) in [4.78, 5) is 3.79. The van der Waals surface area contributed by atoms with Crippen molar-refractivity contribution in [2.75, 3.05) is 0 Å². The minimum atomic E-state index is -3.91. The Morgan fingerprint density at radius 2 is 2.00 bits per heavy atom. The summed E-state index contributed by atoms with van der Waals surface area (Å²) in [6, 6.07) is 3.46. The smallest absolute Gasteiger partial charge is 0.280 e. The molecule has 0 fully saturated rings. The molecule has 19 heavy (non-hydrogen) atoms. The average Bonchev–Trinajstić information content (AvgIpc) is 2.65. The number of imidazole rings is 1. The van der Waals surface area contributed by atoms with Crippen LogP contribution in [-0.2, 0) is 15.6 Å². The summed E-state index contributed by atoms with van der Waals surface area (Å²) in [5.74, 6) is -1.49. The molecular formula is C11H9ClF2N2O2S. The van der Waals surface area contributed by atoms with Crippen molar-refractivity contribution in [1.82, 2.24) is 9.55 Å². The van der Waals surface area contributed by atoms with Crippen molar-refractivity contribution < 1.29 is 17.2 Å². The van der Waals surface area contributed by atoms with Gasteiger partial charge in [-0.3, -0.25) is 0 Å². The van der Waals surface area contributed by atoms with Crippen molar-refractivity contribution in [2.24, 2.45) is 0 Å². The van der Waals surface area contributed by atoms with Crippen LogP contribution in [-0.4, -0.2) is 18.0 Å². The Hall–Kier alpha value is -1.47. The molecule has 0 atom stereocenters. The molecule has 0 amide bonds. The molecule has 4 nitrogen and oxygen atoms in total. The zero-order chi connectivity index (χ0) is 14.2. The third kappa shape index (κ3) is 3.10. The zero-order valence-corrected chi connectivity index (χ0v) is 11.3. The molecule has 0 spiro atoms. The van der Waals surface area contributed by atoms with Gasteiger partial charge in [-0.05, 0) is 24.6 Å². The van der Waals surface area contributed by atoms with Crippen LogP contribution in [0.2, 0.25) is 0 Å². The fourth-order valence-corrected chi connectivity index (χ4v) is 2.31. The number of hydrogen-bond acceptors (Lipinski definition) is 3. The van der Waals surface area contributed by atoms with Crippen LogP contribution in [0.5, 0.6) is 0 Å². The van der Waals surface area contributed by atoms with Crippen LogP contribution in [0.1, 0.15) is 11.4 Å². The molecule has 8 heteroatoms. The molecule has 1 heterocycles. The Morgan fingerprint density at radius 3 is 2.53 bits per heavy atom. The highest BCUT2D eigenvalue weighted by Crippen LogP contribution is 2.16. The van der Waals surface area contributed by atoms with Crippen molar-refractivity contribution in [3.05, 3.63) is 47.4 Å². The van der Waals surface area contributed by atoms with Gasteiger partial charge in [-0.15, -0.1) is 0 Å². The van der Waals surface area contributed by atoms with Gasteiger partial charge in [-0.25, -0.2) is 22.2 Å². The maximum Gasteiger partial charge on any atom is 0.280 e. The number of hydrogen-bond donors (Lipinski definition) is 0. The van der Waals surface area contributed by atoms with E-state index in [4.69, 9.17) is 10.7 Å². The van der Waals surface area contributed by atoms with Gasteiger partial charge in [0.15, 0.2) is 16.7 Å². The van der Waals surface area contributed by atoms with E-state index in [1.54, 1.807) is 6.92 Å². The van der Waals surface area contributed by atoms with E-state index >= 15 is 0 Å². The maximum absolute atomic E-state index is 13.1. The Bertz CT molecular complexity index is 728. The summed E-state index contributed by atoms with van der Waals surface area (Å²) < 4.78 is 49.6. The molecule has 0 N–H and O–H groups in total. The molecule has 2 rings (SSSR count). The predicted molar refractivity (Wildman–Crippen MR) is 65.5 cm³/mol. The van der Waals surface area contributed by atoms with Crippen LogP contribution in [0.3, 0.4) is 0 Å². The zero-order valence-electron chi connectivity index (χ0n) is 9.77. The molecule has 0 aliphatic rings. The summed E-state index contributed by atoms with van der Waals surface area (Å²) >= 11 is 0. The normalized spacial score (nSPS) is 11.8. The molecule has 0 unspecified atom stereocenters. The van der Waals surface area contributed by atoms with E-state index in [9.17, 15) is 17.2 Å². The van der Waals surface area contributed by atoms with E-state index < -0.39 is 20.7 Å². The highest BCUT2D eigenvalue weighted by Gasteiger charge is 2.16. The molecular weight excluding hydrogens is 298 g/mol. The second-order valence-corrected chi connectivity index (χ2v) is 6.45. The molecule has 1 aromatic carbocycles. The summed E-state index contributed by atoms with van der Waals surface area (Å²) in [6.07, 6.45) is 1.25. The second-order valence-electron chi connectivity index (χ2n) is 3.94. The van der Waals surface area contributed by atoms with Crippen LogP contribution in [0, 0.1) is 18.6 Å². The lowest BCUT2D eigenvalue weighted by molar-refractivity contribution is 0.506. The first kappa shape index (κ1) is 14.0. The minimum absolute atomic E-state index is 0.169. The number of halogens is 3. The van der Waals surface area contributed by atoms with Gasteiger partial charge in [0.2, 0.25) is 0 Å². The third-order valence-corrected chi connectivity index (χ3v) is 3.71. The standard InChI is InChI=1S/C11H9ClF2N2O2S/c1-7-15-11(19(12,17)18)6-16(7)5-8-2-3-9(13)10(14)4-8/h2-4,6H,5H2,1H3. The number of benzene rings is 1. The van der Waals surface area contributed by atoms with Crippen LogP contribution in [0.4, 0.5) is 8.78 Å². The van der Waals surface area contributed by atoms with Gasteiger partial charge in [-0.1, -0.05) is 6.07 Å². The first-order valence-corrected chi connectivity index (χ1v) is 7.50. The first-order valence-electron chi connectivity index (χ1n) is 5.20. The number of aryl methyl sites for hydroxylation is 1. The predicted octanol–water partition coefficient (Wildman–Crippen LogP) is 2.45. The average molecular weight is 307 g/mol. The SMILES string of the molecule is Cc1nc(S(=O)(=O)Cl)cn1Cc1ccc(F)c(F)c1. The van der Waals surface area contributed by atoms with Gasteiger partial charge in [0.05, 0.1) is 0 Å². The topological polar surface area (TPSA) is 52.0 Å². The van der Waals surface area contributed by atoms with E-state index in [-0.39, 0.29) is 11.6 Å². The molecule has 0 bridgehead atoms. The van der Waals surface area contributed by atoms with Crippen LogP contribution in [0.15, 0.2) is 29.4 Å². The fourth-order valence-electron chi connectivity index (χ4n) is 1.59. The quantitative estimate of drug-likeness (QED) is 0.819.